The van der Waals surface area contributed by atoms with Gasteiger partial charge in [0.15, 0.2) is 6.61 Å². The molecule has 30 heavy (non-hydrogen) atoms. The summed E-state index contributed by atoms with van der Waals surface area (Å²) in [5.74, 6) is 0.531. The Morgan fingerprint density at radius 3 is 2.50 bits per heavy atom. The fourth-order valence-corrected chi connectivity index (χ4v) is 3.53. The van der Waals surface area contributed by atoms with E-state index in [-0.39, 0.29) is 23.8 Å². The fourth-order valence-electron chi connectivity index (χ4n) is 3.53. The van der Waals surface area contributed by atoms with Crippen molar-refractivity contribution in [3.8, 4) is 5.75 Å². The first-order valence-electron chi connectivity index (χ1n) is 10.3. The molecular weight excluding hydrogens is 380 g/mol. The monoisotopic (exact) mass is 410 g/mol. The summed E-state index contributed by atoms with van der Waals surface area (Å²) >= 11 is 0. The van der Waals surface area contributed by atoms with E-state index in [0.717, 1.165) is 17.7 Å². The summed E-state index contributed by atoms with van der Waals surface area (Å²) in [6.45, 7) is 10.6. The molecule has 1 saturated heterocycles. The molecule has 0 unspecified atom stereocenters. The molecule has 1 fully saturated rings. The zero-order valence-corrected chi connectivity index (χ0v) is 18.2. The van der Waals surface area contributed by atoms with Gasteiger partial charge in [0.1, 0.15) is 11.4 Å². The molecule has 0 saturated carbocycles. The molecule has 3 rings (SSSR count). The predicted molar refractivity (Wildman–Crippen MR) is 115 cm³/mol. The van der Waals surface area contributed by atoms with Crippen molar-refractivity contribution in [3.05, 3.63) is 53.6 Å². The second kappa shape index (κ2) is 9.24. The molecule has 0 atom stereocenters. The summed E-state index contributed by atoms with van der Waals surface area (Å²) in [5.41, 5.74) is 2.51. The number of carbonyl (C=O) groups excluding carboxylic acids is 2. The Hall–Kier alpha value is -2.96. The van der Waals surface area contributed by atoms with Crippen LogP contribution in [0.5, 0.6) is 5.75 Å². The molecule has 1 aliphatic rings. The quantitative estimate of drug-likeness (QED) is 0.775. The van der Waals surface area contributed by atoms with Crippen LogP contribution < -0.4 is 4.74 Å². The summed E-state index contributed by atoms with van der Waals surface area (Å²) in [4.78, 5) is 36.9. The molecule has 2 aromatic rings. The molecule has 0 aliphatic carbocycles. The van der Waals surface area contributed by atoms with Crippen molar-refractivity contribution in [3.63, 3.8) is 0 Å². The third-order valence-corrected chi connectivity index (χ3v) is 5.21. The number of amides is 2. The maximum absolute atomic E-state index is 12.8. The highest BCUT2D eigenvalue weighted by Gasteiger charge is 2.25. The Balaban J connectivity index is 1.59. The van der Waals surface area contributed by atoms with Crippen molar-refractivity contribution in [2.24, 2.45) is 0 Å². The van der Waals surface area contributed by atoms with Crippen LogP contribution in [0.4, 0.5) is 0 Å². The van der Waals surface area contributed by atoms with Crippen molar-refractivity contribution in [1.82, 2.24) is 19.8 Å². The van der Waals surface area contributed by atoms with E-state index in [2.05, 4.69) is 43.7 Å². The Morgan fingerprint density at radius 1 is 1.07 bits per heavy atom. The van der Waals surface area contributed by atoms with Crippen LogP contribution in [-0.4, -0.2) is 64.4 Å². The first-order chi connectivity index (χ1) is 14.3. The van der Waals surface area contributed by atoms with Gasteiger partial charge < -0.3 is 14.5 Å². The molecule has 0 spiro atoms. The number of carbonyl (C=O) groups is 2. The van der Waals surface area contributed by atoms with Gasteiger partial charge in [0, 0.05) is 38.6 Å². The van der Waals surface area contributed by atoms with Crippen LogP contribution in [0.2, 0.25) is 0 Å². The molecule has 160 valence electrons. The summed E-state index contributed by atoms with van der Waals surface area (Å²) < 4.78 is 5.93. The minimum atomic E-state index is -0.150. The molecule has 2 heterocycles. The van der Waals surface area contributed by atoms with Crippen LogP contribution in [0.1, 0.15) is 48.8 Å². The highest BCUT2D eigenvalue weighted by molar-refractivity contribution is 5.92. The smallest absolute Gasteiger partial charge is 0.274 e. The molecule has 1 aliphatic heterocycles. The Labute approximate surface area is 178 Å². The van der Waals surface area contributed by atoms with E-state index in [0.29, 0.717) is 31.9 Å². The van der Waals surface area contributed by atoms with E-state index in [1.807, 2.05) is 12.1 Å². The topological polar surface area (TPSA) is 75.6 Å². The molecule has 2 amide bonds. The summed E-state index contributed by atoms with van der Waals surface area (Å²) in [6.07, 6.45) is 5.24. The van der Waals surface area contributed by atoms with E-state index in [1.54, 1.807) is 16.0 Å². The van der Waals surface area contributed by atoms with Gasteiger partial charge in [-0.2, -0.15) is 0 Å². The van der Waals surface area contributed by atoms with E-state index in [1.165, 1.54) is 18.0 Å². The molecule has 0 radical (unpaired) electrons. The number of hydrogen-bond acceptors (Lipinski definition) is 5. The minimum Gasteiger partial charge on any atom is -0.483 e. The highest BCUT2D eigenvalue weighted by Crippen LogP contribution is 2.32. The average molecular weight is 411 g/mol. The summed E-state index contributed by atoms with van der Waals surface area (Å²) in [6, 6.07) is 6.05. The van der Waals surface area contributed by atoms with Crippen LogP contribution in [0.3, 0.4) is 0 Å². The number of hydrogen-bond donors (Lipinski definition) is 0. The molecule has 7 heteroatoms. The van der Waals surface area contributed by atoms with E-state index >= 15 is 0 Å². The van der Waals surface area contributed by atoms with Gasteiger partial charge in [-0.25, -0.2) is 4.98 Å². The minimum absolute atomic E-state index is 0.00967. The molecule has 0 bridgehead atoms. The number of benzene rings is 1. The van der Waals surface area contributed by atoms with Gasteiger partial charge >= 0.3 is 0 Å². The molecular formula is C23H30N4O3. The predicted octanol–water partition coefficient (Wildman–Crippen LogP) is 2.84. The zero-order valence-electron chi connectivity index (χ0n) is 18.2. The van der Waals surface area contributed by atoms with Crippen LogP contribution in [-0.2, 0) is 10.2 Å². The number of nitrogens with zero attached hydrogens (tertiary/aromatic N) is 4. The zero-order chi connectivity index (χ0) is 21.7. The van der Waals surface area contributed by atoms with Crippen LogP contribution in [0, 0.1) is 6.92 Å². The standard InChI is InChI=1S/C23H30N4O3/c1-17-6-7-20(18(14-17)23(2,3)4)30-16-21(28)26-10-5-11-27(13-12-26)22(29)19-15-24-8-9-25-19/h6-9,14-15H,5,10-13,16H2,1-4H3. The van der Waals surface area contributed by atoms with Gasteiger partial charge in [-0.1, -0.05) is 38.5 Å². The maximum Gasteiger partial charge on any atom is 0.274 e. The highest BCUT2D eigenvalue weighted by atomic mass is 16.5. The molecule has 1 aromatic carbocycles. The third-order valence-electron chi connectivity index (χ3n) is 5.21. The van der Waals surface area contributed by atoms with Gasteiger partial charge in [-0.15, -0.1) is 0 Å². The lowest BCUT2D eigenvalue weighted by Crippen LogP contribution is -2.39. The van der Waals surface area contributed by atoms with E-state index in [9.17, 15) is 9.59 Å². The number of ether oxygens (including phenoxy) is 1. The molecule has 0 N–H and O–H groups in total. The largest absolute Gasteiger partial charge is 0.483 e. The van der Waals surface area contributed by atoms with Crippen molar-refractivity contribution in [2.45, 2.75) is 39.5 Å². The molecule has 1 aromatic heterocycles. The lowest BCUT2D eigenvalue weighted by molar-refractivity contribution is -0.133. The SMILES string of the molecule is Cc1ccc(OCC(=O)N2CCCN(C(=O)c3cnccn3)CC2)c(C(C)(C)C)c1. The Kier molecular flexibility index (Phi) is 6.70. The van der Waals surface area contributed by atoms with Crippen LogP contribution in [0.15, 0.2) is 36.8 Å². The lowest BCUT2D eigenvalue weighted by Gasteiger charge is -2.25. The lowest BCUT2D eigenvalue weighted by atomic mass is 9.85. The van der Waals surface area contributed by atoms with Crippen molar-refractivity contribution < 1.29 is 14.3 Å². The second-order valence-electron chi connectivity index (χ2n) is 8.66. The van der Waals surface area contributed by atoms with Crippen molar-refractivity contribution in [2.75, 3.05) is 32.8 Å². The van der Waals surface area contributed by atoms with Crippen LogP contribution >= 0.6 is 0 Å². The fraction of sp³-hybridized carbons (Fsp3) is 0.478. The average Bonchev–Trinajstić information content (AvgIpc) is 2.98. The van der Waals surface area contributed by atoms with Gasteiger partial charge in [-0.3, -0.25) is 14.6 Å². The van der Waals surface area contributed by atoms with Crippen molar-refractivity contribution in [1.29, 1.82) is 0 Å². The van der Waals surface area contributed by atoms with Gasteiger partial charge in [0.25, 0.3) is 11.8 Å². The summed E-state index contributed by atoms with van der Waals surface area (Å²) in [7, 11) is 0. The normalized spacial score (nSPS) is 14.9. The van der Waals surface area contributed by atoms with Crippen molar-refractivity contribution >= 4 is 11.8 Å². The van der Waals surface area contributed by atoms with Gasteiger partial charge in [0.05, 0.1) is 6.20 Å². The second-order valence-corrected chi connectivity index (χ2v) is 8.66. The van der Waals surface area contributed by atoms with Gasteiger partial charge in [-0.05, 0) is 30.4 Å². The van der Waals surface area contributed by atoms with E-state index in [4.69, 9.17) is 4.74 Å². The number of rotatable bonds is 4. The Morgan fingerprint density at radius 2 is 1.80 bits per heavy atom. The first-order valence-corrected chi connectivity index (χ1v) is 10.3. The van der Waals surface area contributed by atoms with Gasteiger partial charge in [0.2, 0.25) is 0 Å². The van der Waals surface area contributed by atoms with E-state index < -0.39 is 0 Å². The van der Waals surface area contributed by atoms with Crippen LogP contribution in [0.25, 0.3) is 0 Å². The first kappa shape index (κ1) is 21.7. The molecule has 7 nitrogen and oxygen atoms in total. The maximum atomic E-state index is 12.8. The summed E-state index contributed by atoms with van der Waals surface area (Å²) in [5, 5.41) is 0. The number of aryl methyl sites for hydroxylation is 1. The Bertz CT molecular complexity index is 893. The number of aromatic nitrogens is 2. The third kappa shape index (κ3) is 5.34.